The van der Waals surface area contributed by atoms with Crippen LogP contribution in [0.15, 0.2) is 34.3 Å². The van der Waals surface area contributed by atoms with Gasteiger partial charge in [-0.1, -0.05) is 6.07 Å². The Kier molecular flexibility index (Phi) is 4.39. The van der Waals surface area contributed by atoms with Crippen molar-refractivity contribution >= 4 is 17.5 Å². The van der Waals surface area contributed by atoms with Gasteiger partial charge in [0.1, 0.15) is 5.75 Å². The second-order valence-corrected chi connectivity index (χ2v) is 5.43. The van der Waals surface area contributed by atoms with E-state index in [0.29, 0.717) is 16.5 Å². The van der Waals surface area contributed by atoms with Crippen LogP contribution >= 0.6 is 11.8 Å². The average molecular weight is 288 g/mol. The maximum atomic E-state index is 11.8. The fourth-order valence-corrected chi connectivity index (χ4v) is 3.02. The topological polar surface area (TPSA) is 52.1 Å². The molecule has 0 fully saturated rings. The van der Waals surface area contributed by atoms with Gasteiger partial charge in [0.15, 0.2) is 10.9 Å². The van der Waals surface area contributed by atoms with E-state index in [-0.39, 0.29) is 5.78 Å². The molecule has 0 aliphatic carbocycles. The second kappa shape index (κ2) is 6.05. The van der Waals surface area contributed by atoms with Crippen molar-refractivity contribution in [3.05, 3.63) is 41.2 Å². The minimum atomic E-state index is -0.0330. The summed E-state index contributed by atoms with van der Waals surface area (Å²) in [4.78, 5) is 21.4. The number of carbonyl (C=O) groups is 1. The molecule has 20 heavy (non-hydrogen) atoms. The maximum absolute atomic E-state index is 11.8. The van der Waals surface area contributed by atoms with Gasteiger partial charge in [-0.25, -0.2) is 9.97 Å². The van der Waals surface area contributed by atoms with Gasteiger partial charge in [-0.05, 0) is 50.7 Å². The summed E-state index contributed by atoms with van der Waals surface area (Å²) in [6.45, 7) is 5.39. The molecule has 2 aromatic rings. The van der Waals surface area contributed by atoms with E-state index >= 15 is 0 Å². The first-order chi connectivity index (χ1) is 9.51. The van der Waals surface area contributed by atoms with Crippen LogP contribution < -0.4 is 4.74 Å². The van der Waals surface area contributed by atoms with Crippen molar-refractivity contribution in [2.45, 2.75) is 30.8 Å². The fraction of sp³-hybridized carbons (Fsp3) is 0.267. The van der Waals surface area contributed by atoms with Gasteiger partial charge >= 0.3 is 0 Å². The molecule has 1 aromatic heterocycles. The lowest BCUT2D eigenvalue weighted by Crippen LogP contribution is -2.01. The van der Waals surface area contributed by atoms with Gasteiger partial charge in [0.2, 0.25) is 0 Å². The number of aromatic nitrogens is 2. The van der Waals surface area contributed by atoms with E-state index in [9.17, 15) is 4.79 Å². The molecule has 0 unspecified atom stereocenters. The highest BCUT2D eigenvalue weighted by molar-refractivity contribution is 7.99. The molecule has 0 amide bonds. The molecular weight excluding hydrogens is 272 g/mol. The monoisotopic (exact) mass is 288 g/mol. The van der Waals surface area contributed by atoms with E-state index in [4.69, 9.17) is 4.74 Å². The summed E-state index contributed by atoms with van der Waals surface area (Å²) in [7, 11) is 1.56. The van der Waals surface area contributed by atoms with E-state index in [2.05, 4.69) is 9.97 Å². The fourth-order valence-electron chi connectivity index (χ4n) is 1.95. The number of aryl methyl sites for hydroxylation is 2. The molecule has 0 N–H and O–H groups in total. The zero-order chi connectivity index (χ0) is 14.7. The van der Waals surface area contributed by atoms with Crippen LogP contribution in [0.3, 0.4) is 0 Å². The number of methoxy groups -OCH3 is 1. The Labute approximate surface area is 122 Å². The first-order valence-electron chi connectivity index (χ1n) is 6.19. The highest BCUT2D eigenvalue weighted by Crippen LogP contribution is 2.33. The number of Topliss-reactive ketones (excluding diaryl/α,β-unsaturated/α-hetero) is 1. The number of nitrogens with zero attached hydrogens (tertiary/aromatic N) is 2. The molecule has 0 saturated carbocycles. The van der Waals surface area contributed by atoms with E-state index in [1.54, 1.807) is 13.2 Å². The van der Waals surface area contributed by atoms with Crippen molar-refractivity contribution in [1.29, 1.82) is 0 Å². The van der Waals surface area contributed by atoms with Crippen LogP contribution in [0.25, 0.3) is 0 Å². The standard InChI is InChI=1S/C15H16N2O2S/c1-9-8-10(2)17-15(16-9)20-13-7-5-6-12(19-4)14(13)11(3)18/h5-8H,1-4H3. The third-order valence-corrected chi connectivity index (χ3v) is 3.65. The Hall–Kier alpha value is -1.88. The van der Waals surface area contributed by atoms with Gasteiger partial charge in [-0.3, -0.25) is 4.79 Å². The number of carbonyl (C=O) groups excluding carboxylic acids is 1. The van der Waals surface area contributed by atoms with Crippen molar-refractivity contribution in [3.8, 4) is 5.75 Å². The van der Waals surface area contributed by atoms with Crippen molar-refractivity contribution in [2.75, 3.05) is 7.11 Å². The molecule has 104 valence electrons. The van der Waals surface area contributed by atoms with Crippen molar-refractivity contribution < 1.29 is 9.53 Å². The first kappa shape index (κ1) is 14.5. The molecular formula is C15H16N2O2S. The van der Waals surface area contributed by atoms with Gasteiger partial charge in [-0.15, -0.1) is 0 Å². The van der Waals surface area contributed by atoms with Crippen molar-refractivity contribution in [3.63, 3.8) is 0 Å². The second-order valence-electron chi connectivity index (χ2n) is 4.42. The van der Waals surface area contributed by atoms with Crippen LogP contribution in [-0.2, 0) is 0 Å². The largest absolute Gasteiger partial charge is 0.496 e. The lowest BCUT2D eigenvalue weighted by atomic mass is 10.1. The number of rotatable bonds is 4. The van der Waals surface area contributed by atoms with Crippen LogP contribution in [0.5, 0.6) is 5.75 Å². The zero-order valence-electron chi connectivity index (χ0n) is 11.9. The van der Waals surface area contributed by atoms with Gasteiger partial charge < -0.3 is 4.74 Å². The lowest BCUT2D eigenvalue weighted by molar-refractivity contribution is 0.101. The van der Waals surface area contributed by atoms with E-state index < -0.39 is 0 Å². The van der Waals surface area contributed by atoms with E-state index in [0.717, 1.165) is 16.3 Å². The minimum absolute atomic E-state index is 0.0330. The predicted molar refractivity (Wildman–Crippen MR) is 78.6 cm³/mol. The Morgan fingerprint density at radius 3 is 2.40 bits per heavy atom. The summed E-state index contributed by atoms with van der Waals surface area (Å²) in [6, 6.07) is 7.44. The Balaban J connectivity index is 2.45. The lowest BCUT2D eigenvalue weighted by Gasteiger charge is -2.10. The molecule has 0 spiro atoms. The van der Waals surface area contributed by atoms with Gasteiger partial charge in [0, 0.05) is 16.3 Å². The van der Waals surface area contributed by atoms with Crippen LogP contribution in [0.4, 0.5) is 0 Å². The SMILES string of the molecule is COc1cccc(Sc2nc(C)cc(C)n2)c1C(C)=O. The van der Waals surface area contributed by atoms with Crippen LogP contribution in [0.2, 0.25) is 0 Å². The Bertz CT molecular complexity index is 636. The molecule has 4 nitrogen and oxygen atoms in total. The van der Waals surface area contributed by atoms with Crippen LogP contribution in [0, 0.1) is 13.8 Å². The minimum Gasteiger partial charge on any atom is -0.496 e. The summed E-state index contributed by atoms with van der Waals surface area (Å²) < 4.78 is 5.26. The highest BCUT2D eigenvalue weighted by atomic mass is 32.2. The third-order valence-electron chi connectivity index (χ3n) is 2.72. The molecule has 0 radical (unpaired) electrons. The molecule has 0 atom stereocenters. The third kappa shape index (κ3) is 3.17. The maximum Gasteiger partial charge on any atom is 0.192 e. The summed E-state index contributed by atoms with van der Waals surface area (Å²) in [5.74, 6) is 0.543. The summed E-state index contributed by atoms with van der Waals surface area (Å²) in [6.07, 6.45) is 0. The summed E-state index contributed by atoms with van der Waals surface area (Å²) in [5, 5.41) is 0.637. The quantitative estimate of drug-likeness (QED) is 0.637. The van der Waals surface area contributed by atoms with Crippen molar-refractivity contribution in [2.24, 2.45) is 0 Å². The smallest absolute Gasteiger partial charge is 0.192 e. The predicted octanol–water partition coefficient (Wildman–Crippen LogP) is 3.46. The molecule has 5 heteroatoms. The number of ketones is 1. The Morgan fingerprint density at radius 1 is 1.20 bits per heavy atom. The van der Waals surface area contributed by atoms with Gasteiger partial charge in [0.05, 0.1) is 12.7 Å². The molecule has 0 aliphatic heterocycles. The molecule has 0 saturated heterocycles. The average Bonchev–Trinajstić information content (AvgIpc) is 2.36. The number of hydrogen-bond acceptors (Lipinski definition) is 5. The summed E-state index contributed by atoms with van der Waals surface area (Å²) in [5.41, 5.74) is 2.39. The summed E-state index contributed by atoms with van der Waals surface area (Å²) >= 11 is 1.38. The zero-order valence-corrected chi connectivity index (χ0v) is 12.7. The highest BCUT2D eigenvalue weighted by Gasteiger charge is 2.15. The number of benzene rings is 1. The molecule has 0 bridgehead atoms. The van der Waals surface area contributed by atoms with E-state index in [1.807, 2.05) is 32.0 Å². The van der Waals surface area contributed by atoms with E-state index in [1.165, 1.54) is 18.7 Å². The Morgan fingerprint density at radius 2 is 1.85 bits per heavy atom. The van der Waals surface area contributed by atoms with Crippen LogP contribution in [-0.4, -0.2) is 22.9 Å². The van der Waals surface area contributed by atoms with Crippen molar-refractivity contribution in [1.82, 2.24) is 9.97 Å². The van der Waals surface area contributed by atoms with Gasteiger partial charge in [-0.2, -0.15) is 0 Å². The molecule has 1 aromatic carbocycles. The number of ether oxygens (including phenoxy) is 1. The molecule has 1 heterocycles. The van der Waals surface area contributed by atoms with Crippen LogP contribution in [0.1, 0.15) is 28.7 Å². The number of hydrogen-bond donors (Lipinski definition) is 0. The molecule has 2 rings (SSSR count). The van der Waals surface area contributed by atoms with Gasteiger partial charge in [0.25, 0.3) is 0 Å². The first-order valence-corrected chi connectivity index (χ1v) is 7.01. The normalized spacial score (nSPS) is 10.4. The molecule has 0 aliphatic rings.